The summed E-state index contributed by atoms with van der Waals surface area (Å²) in [6.45, 7) is 2.25. The summed E-state index contributed by atoms with van der Waals surface area (Å²) in [5.74, 6) is 0. The molecular weight excluding hydrogens is 252 g/mol. The van der Waals surface area contributed by atoms with Gasteiger partial charge in [0, 0.05) is 5.16 Å². The van der Waals surface area contributed by atoms with E-state index in [1.54, 1.807) is 6.07 Å². The maximum atomic E-state index is 11.2. The van der Waals surface area contributed by atoms with Crippen LogP contribution in [0.5, 0.6) is 0 Å². The normalized spacial score (nSPS) is 11.2. The van der Waals surface area contributed by atoms with Gasteiger partial charge in [0.2, 0.25) is 11.0 Å². The van der Waals surface area contributed by atoms with Gasteiger partial charge in [-0.25, -0.2) is 0 Å². The number of benzene rings is 1. The zero-order chi connectivity index (χ0) is 14.2. The van der Waals surface area contributed by atoms with Crippen LogP contribution in [0, 0.1) is 5.21 Å². The van der Waals surface area contributed by atoms with E-state index in [-0.39, 0.29) is 0 Å². The minimum atomic E-state index is 0.454. The monoisotopic (exact) mass is 276 g/mol. The number of unbranched alkanes of at least 4 members (excludes halogenated alkanes) is 7. The van der Waals surface area contributed by atoms with Crippen LogP contribution in [-0.2, 0) is 6.42 Å². The highest BCUT2D eigenvalue weighted by Crippen LogP contribution is 2.14. The van der Waals surface area contributed by atoms with Gasteiger partial charge in [0.25, 0.3) is 0 Å². The van der Waals surface area contributed by atoms with Crippen molar-refractivity contribution in [1.29, 1.82) is 0 Å². The maximum absolute atomic E-state index is 11.2. The zero-order valence-corrected chi connectivity index (χ0v) is 12.3. The number of aromatic nitrogens is 2. The largest absolute Gasteiger partial charge is 0.359 e. The molecule has 0 aliphatic rings. The fourth-order valence-corrected chi connectivity index (χ4v) is 2.54. The highest BCUT2D eigenvalue weighted by molar-refractivity contribution is 5.70. The lowest BCUT2D eigenvalue weighted by Crippen LogP contribution is -2.22. The van der Waals surface area contributed by atoms with Crippen LogP contribution in [0.2, 0.25) is 0 Å². The Balaban J connectivity index is 1.65. The minimum absolute atomic E-state index is 0.454. The minimum Gasteiger partial charge on any atom is -0.359 e. The average molecular weight is 276 g/mol. The lowest BCUT2D eigenvalue weighted by Gasteiger charge is -2.02. The Hall–Kier alpha value is -1.58. The Bertz CT molecular complexity index is 522. The van der Waals surface area contributed by atoms with E-state index in [4.69, 9.17) is 0 Å². The smallest absolute Gasteiger partial charge is 0.248 e. The molecule has 0 spiro atoms. The zero-order valence-electron chi connectivity index (χ0n) is 12.3. The summed E-state index contributed by atoms with van der Waals surface area (Å²) in [7, 11) is 0. The molecule has 0 saturated heterocycles. The molecule has 2 aromatic rings. The van der Waals surface area contributed by atoms with E-state index in [0.29, 0.717) is 15.9 Å². The average Bonchev–Trinajstić information content (AvgIpc) is 2.83. The second-order valence-corrected chi connectivity index (χ2v) is 5.48. The molecule has 0 aliphatic carbocycles. The van der Waals surface area contributed by atoms with E-state index in [0.717, 1.165) is 6.42 Å². The lowest BCUT2D eigenvalue weighted by molar-refractivity contribution is -0.782. The number of nitrogens with zero attached hydrogens (tertiary/aromatic N) is 2. The van der Waals surface area contributed by atoms with Crippen LogP contribution in [0.3, 0.4) is 0 Å². The molecule has 0 saturated carbocycles. The van der Waals surface area contributed by atoms with Crippen molar-refractivity contribution in [3.63, 3.8) is 0 Å². The number of hydrogen-bond acceptors (Lipinski definition) is 3. The molecule has 20 heavy (non-hydrogen) atoms. The molecule has 0 bridgehead atoms. The number of fused-ring (bicyclic) bond motifs is 1. The molecule has 0 N–H and O–H groups in total. The molecule has 4 nitrogen and oxygen atoms in total. The summed E-state index contributed by atoms with van der Waals surface area (Å²) >= 11 is 0. The number of aryl methyl sites for hydroxylation is 1. The third-order valence-electron chi connectivity index (χ3n) is 3.77. The van der Waals surface area contributed by atoms with Gasteiger partial charge in [-0.2, -0.15) is 0 Å². The summed E-state index contributed by atoms with van der Waals surface area (Å²) < 4.78 is 4.57. The van der Waals surface area contributed by atoms with Crippen molar-refractivity contribution in [2.45, 2.75) is 64.7 Å². The van der Waals surface area contributed by atoms with Crippen LogP contribution < -0.4 is 4.90 Å². The van der Waals surface area contributed by atoms with Gasteiger partial charge in [-0.05, 0) is 35.4 Å². The van der Waals surface area contributed by atoms with E-state index < -0.39 is 0 Å². The maximum Gasteiger partial charge on any atom is 0.248 e. The highest BCUT2D eigenvalue weighted by atomic mass is 16.8. The first kappa shape index (κ1) is 14.8. The van der Waals surface area contributed by atoms with Crippen LogP contribution >= 0.6 is 0 Å². The van der Waals surface area contributed by atoms with E-state index in [1.807, 2.05) is 12.1 Å². The van der Waals surface area contributed by atoms with Crippen LogP contribution in [-0.4, -0.2) is 5.16 Å². The molecule has 0 unspecified atom stereocenters. The summed E-state index contributed by atoms with van der Waals surface area (Å²) in [6.07, 6.45) is 11.7. The van der Waals surface area contributed by atoms with Crippen LogP contribution in [0.4, 0.5) is 0 Å². The van der Waals surface area contributed by atoms with E-state index in [9.17, 15) is 5.21 Å². The van der Waals surface area contributed by atoms with Crippen LogP contribution in [0.15, 0.2) is 22.8 Å². The molecule has 1 heterocycles. The van der Waals surface area contributed by atoms with Crippen molar-refractivity contribution in [3.8, 4) is 0 Å². The number of rotatable bonds is 9. The Kier molecular flexibility index (Phi) is 5.84. The fraction of sp³-hybridized carbons (Fsp3) is 0.625. The summed E-state index contributed by atoms with van der Waals surface area (Å²) in [5.41, 5.74) is 2.39. The molecule has 4 heteroatoms. The molecule has 0 fully saturated rings. The Morgan fingerprint density at radius 1 is 1.05 bits per heavy atom. The molecular formula is C16H24N2O2. The van der Waals surface area contributed by atoms with Crippen molar-refractivity contribution < 1.29 is 9.53 Å². The van der Waals surface area contributed by atoms with Gasteiger partial charge in [0.1, 0.15) is 0 Å². The first-order valence-corrected chi connectivity index (χ1v) is 7.79. The van der Waals surface area contributed by atoms with Gasteiger partial charge in [-0.15, -0.1) is 0 Å². The predicted molar refractivity (Wildman–Crippen MR) is 79.3 cm³/mol. The molecule has 0 amide bonds. The van der Waals surface area contributed by atoms with Crippen molar-refractivity contribution in [1.82, 2.24) is 5.16 Å². The lowest BCUT2D eigenvalue weighted by atomic mass is 10.0. The molecule has 1 aromatic heterocycles. The van der Waals surface area contributed by atoms with E-state index in [2.05, 4.69) is 16.7 Å². The van der Waals surface area contributed by atoms with Crippen molar-refractivity contribution >= 4 is 11.0 Å². The van der Waals surface area contributed by atoms with Crippen molar-refractivity contribution in [3.05, 3.63) is 29.0 Å². The molecule has 0 aliphatic heterocycles. The Morgan fingerprint density at radius 3 is 2.50 bits per heavy atom. The van der Waals surface area contributed by atoms with Gasteiger partial charge >= 0.3 is 0 Å². The third kappa shape index (κ3) is 4.22. The SMILES string of the molecule is CCCCCCCCCCc1ccc2c(c1)no[n+]2[O-]. The quantitative estimate of drug-likeness (QED) is 0.511. The molecule has 110 valence electrons. The molecule has 0 radical (unpaired) electrons. The van der Waals surface area contributed by atoms with E-state index in [1.165, 1.54) is 56.9 Å². The first-order valence-electron chi connectivity index (χ1n) is 7.79. The van der Waals surface area contributed by atoms with Crippen LogP contribution in [0.1, 0.15) is 63.9 Å². The van der Waals surface area contributed by atoms with Gasteiger partial charge < -0.3 is 5.21 Å². The van der Waals surface area contributed by atoms with Gasteiger partial charge in [0.05, 0.1) is 0 Å². The molecule has 1 aromatic carbocycles. The van der Waals surface area contributed by atoms with Gasteiger partial charge in [-0.3, -0.25) is 4.63 Å². The Morgan fingerprint density at radius 2 is 1.75 bits per heavy atom. The highest BCUT2D eigenvalue weighted by Gasteiger charge is 2.08. The predicted octanol–water partition coefficient (Wildman–Crippen LogP) is 4.14. The van der Waals surface area contributed by atoms with E-state index >= 15 is 0 Å². The molecule has 2 rings (SSSR count). The van der Waals surface area contributed by atoms with Crippen molar-refractivity contribution in [2.24, 2.45) is 0 Å². The van der Waals surface area contributed by atoms with Crippen molar-refractivity contribution in [2.75, 3.05) is 0 Å². The number of hydrogen-bond donors (Lipinski definition) is 0. The standard InChI is InChI=1S/C16H24N2O2/c1-2-3-4-5-6-7-8-9-10-14-11-12-16-15(13-14)17-20-18(16)19/h11-13H,2-10H2,1H3. The van der Waals surface area contributed by atoms with Gasteiger partial charge in [0.15, 0.2) is 0 Å². The second-order valence-electron chi connectivity index (χ2n) is 5.48. The summed E-state index contributed by atoms with van der Waals surface area (Å²) in [5, 5.41) is 14.9. The first-order chi connectivity index (χ1) is 9.81. The Labute approximate surface area is 120 Å². The van der Waals surface area contributed by atoms with Crippen LogP contribution in [0.25, 0.3) is 11.0 Å². The van der Waals surface area contributed by atoms with Gasteiger partial charge in [-0.1, -0.05) is 57.9 Å². The second kappa shape index (κ2) is 7.88. The summed E-state index contributed by atoms with van der Waals surface area (Å²) in [4.78, 5) is 0.454. The summed E-state index contributed by atoms with van der Waals surface area (Å²) in [6, 6.07) is 5.74. The fourth-order valence-electron chi connectivity index (χ4n) is 2.54. The molecule has 0 atom stereocenters. The topological polar surface area (TPSA) is 53.0 Å². The third-order valence-corrected chi connectivity index (χ3v) is 3.77.